The van der Waals surface area contributed by atoms with E-state index in [-0.39, 0.29) is 30.0 Å². The number of H-pyrrole nitrogens is 2. The number of rotatable bonds is 6. The average molecular weight is 507 g/mol. The predicted octanol–water partition coefficient (Wildman–Crippen LogP) is -1.94. The molecule has 2 aromatic heterocycles. The van der Waals surface area contributed by atoms with E-state index in [1.165, 1.54) is 6.07 Å². The maximum absolute atomic E-state index is 13.3. The standard InChI is InChI=1S/C17H18N10O5S2/c18-33(29,30)16-13(34(31,32)24-11-6-19-7-12(11)28)5-4-8(14(16)17-22-26-27-23-17)9-2-1-3-10-15(9)21-25-20-10/h1-5,11-12,19,24,28H,6-7H2,(H2,18,29,30)(H,20,21,25)(H,22,23,26,27)/t11-,12+/m1/s1. The second kappa shape index (κ2) is 8.15. The molecule has 1 aliphatic rings. The highest BCUT2D eigenvalue weighted by atomic mass is 32.2. The van der Waals surface area contributed by atoms with Gasteiger partial charge >= 0.3 is 0 Å². The number of nitrogens with zero attached hydrogens (tertiary/aromatic N) is 5. The molecule has 2 atom stereocenters. The summed E-state index contributed by atoms with van der Waals surface area (Å²) in [4.78, 5) is -1.34. The first kappa shape index (κ1) is 22.4. The quantitative estimate of drug-likeness (QED) is 0.168. The molecular formula is C17H18N10O5S2. The summed E-state index contributed by atoms with van der Waals surface area (Å²) in [6, 6.07) is 6.72. The topological polar surface area (TPSA) is 235 Å². The lowest BCUT2D eigenvalue weighted by Crippen LogP contribution is -2.43. The van der Waals surface area contributed by atoms with Crippen molar-refractivity contribution in [1.82, 2.24) is 46.1 Å². The number of hydrogen-bond acceptors (Lipinski definition) is 11. The molecule has 4 aromatic rings. The fourth-order valence-corrected chi connectivity index (χ4v) is 6.78. The van der Waals surface area contributed by atoms with Gasteiger partial charge in [-0.3, -0.25) is 5.10 Å². The van der Waals surface area contributed by atoms with Crippen LogP contribution in [0.25, 0.3) is 33.5 Å². The van der Waals surface area contributed by atoms with Gasteiger partial charge in [-0.25, -0.2) is 26.7 Å². The third-order valence-electron chi connectivity index (χ3n) is 5.40. The number of sulfonamides is 2. The highest BCUT2D eigenvalue weighted by molar-refractivity contribution is 7.92. The molecule has 0 spiro atoms. The van der Waals surface area contributed by atoms with Gasteiger partial charge in [-0.2, -0.15) is 5.21 Å². The minimum atomic E-state index is -4.65. The minimum absolute atomic E-state index is 0.162. The Kier molecular flexibility index (Phi) is 5.38. The number of benzene rings is 2. The SMILES string of the molecule is NS(=O)(=O)c1c(S(=O)(=O)N[C@@H]2CNC[C@@H]2O)ccc(-c2cccc3[nH]nnc23)c1-c1nn[nH]n1. The fourth-order valence-electron chi connectivity index (χ4n) is 3.91. The third kappa shape index (κ3) is 3.83. The summed E-state index contributed by atoms with van der Waals surface area (Å²) in [5.74, 6) is -0.195. The van der Waals surface area contributed by atoms with Crippen LogP contribution >= 0.6 is 0 Å². The Morgan fingerprint density at radius 1 is 1.03 bits per heavy atom. The molecule has 2 aromatic carbocycles. The zero-order valence-corrected chi connectivity index (χ0v) is 18.8. The highest BCUT2D eigenvalue weighted by Crippen LogP contribution is 2.40. The van der Waals surface area contributed by atoms with E-state index in [1.807, 2.05) is 0 Å². The minimum Gasteiger partial charge on any atom is -0.390 e. The van der Waals surface area contributed by atoms with Gasteiger partial charge in [-0.05, 0) is 22.9 Å². The molecule has 0 saturated carbocycles. The molecule has 15 nitrogen and oxygen atoms in total. The average Bonchev–Trinajstić information content (AvgIpc) is 3.54. The van der Waals surface area contributed by atoms with Crippen LogP contribution < -0.4 is 15.2 Å². The molecule has 3 heterocycles. The van der Waals surface area contributed by atoms with Gasteiger partial charge in [-0.1, -0.05) is 23.4 Å². The summed E-state index contributed by atoms with van der Waals surface area (Å²) >= 11 is 0. The van der Waals surface area contributed by atoms with Crippen LogP contribution in [0.4, 0.5) is 0 Å². The van der Waals surface area contributed by atoms with E-state index in [0.29, 0.717) is 16.6 Å². The number of hydrogen-bond donors (Lipinski definition) is 6. The third-order valence-corrected chi connectivity index (χ3v) is 8.05. The number of aromatic nitrogens is 7. The van der Waals surface area contributed by atoms with E-state index in [4.69, 9.17) is 5.14 Å². The number of nitrogens with one attached hydrogen (secondary N) is 4. The summed E-state index contributed by atoms with van der Waals surface area (Å²) < 4.78 is 54.5. The summed E-state index contributed by atoms with van der Waals surface area (Å²) in [7, 11) is -9.12. The van der Waals surface area contributed by atoms with Crippen LogP contribution in [0.3, 0.4) is 0 Å². The maximum Gasteiger partial charge on any atom is 0.242 e. The van der Waals surface area contributed by atoms with Gasteiger partial charge < -0.3 is 10.4 Å². The number of fused-ring (bicyclic) bond motifs is 1. The number of aliphatic hydroxyl groups is 1. The number of tetrazole rings is 1. The van der Waals surface area contributed by atoms with Crippen LogP contribution in [0.15, 0.2) is 40.1 Å². The van der Waals surface area contributed by atoms with Crippen LogP contribution in [0.5, 0.6) is 0 Å². The van der Waals surface area contributed by atoms with E-state index >= 15 is 0 Å². The second-order valence-corrected chi connectivity index (χ2v) is 10.7. The molecule has 34 heavy (non-hydrogen) atoms. The molecule has 17 heteroatoms. The maximum atomic E-state index is 13.3. The van der Waals surface area contributed by atoms with Crippen molar-refractivity contribution in [2.45, 2.75) is 21.9 Å². The molecule has 0 aliphatic carbocycles. The lowest BCUT2D eigenvalue weighted by atomic mass is 9.98. The van der Waals surface area contributed by atoms with Gasteiger partial charge in [0.05, 0.1) is 23.2 Å². The van der Waals surface area contributed by atoms with Crippen molar-refractivity contribution in [2.24, 2.45) is 5.14 Å². The molecule has 178 valence electrons. The first-order valence-corrected chi connectivity index (χ1v) is 12.8. The Bertz CT molecular complexity index is 1580. The molecule has 1 saturated heterocycles. The Hall–Kier alpha value is -3.35. The van der Waals surface area contributed by atoms with E-state index in [1.54, 1.807) is 18.2 Å². The fraction of sp³-hybridized carbons (Fsp3) is 0.235. The molecular weight excluding hydrogens is 488 g/mol. The van der Waals surface area contributed by atoms with Crippen LogP contribution in [0.1, 0.15) is 0 Å². The zero-order chi connectivity index (χ0) is 24.1. The predicted molar refractivity (Wildman–Crippen MR) is 117 cm³/mol. The van der Waals surface area contributed by atoms with Crippen molar-refractivity contribution >= 4 is 31.1 Å². The highest BCUT2D eigenvalue weighted by Gasteiger charge is 2.36. The van der Waals surface area contributed by atoms with Crippen molar-refractivity contribution in [3.8, 4) is 22.5 Å². The molecule has 0 radical (unpaired) electrons. The number of nitrogens with two attached hydrogens (primary N) is 1. The largest absolute Gasteiger partial charge is 0.390 e. The van der Waals surface area contributed by atoms with Crippen molar-refractivity contribution in [1.29, 1.82) is 0 Å². The van der Waals surface area contributed by atoms with Gasteiger partial charge in [0.25, 0.3) is 0 Å². The molecule has 0 amide bonds. The number of aliphatic hydroxyl groups excluding tert-OH is 1. The summed E-state index contributed by atoms with van der Waals surface area (Å²) in [5.41, 5.74) is 1.46. The first-order chi connectivity index (χ1) is 16.2. The molecule has 1 aliphatic heterocycles. The van der Waals surface area contributed by atoms with Crippen LogP contribution in [0.2, 0.25) is 0 Å². The lowest BCUT2D eigenvalue weighted by Gasteiger charge is -2.19. The Morgan fingerprint density at radius 3 is 2.53 bits per heavy atom. The van der Waals surface area contributed by atoms with Crippen molar-refractivity contribution in [3.05, 3.63) is 30.3 Å². The van der Waals surface area contributed by atoms with Gasteiger partial charge in [0.2, 0.25) is 25.9 Å². The Balaban J connectivity index is 1.81. The lowest BCUT2D eigenvalue weighted by molar-refractivity contribution is 0.172. The summed E-state index contributed by atoms with van der Waals surface area (Å²) in [6.07, 6.45) is -0.992. The molecule has 1 fully saturated rings. The number of β-amino-alcohol motifs (C(OH)–C–C–N with tert-alkyl or cyclic N) is 1. The number of aromatic amines is 2. The van der Waals surface area contributed by atoms with Crippen LogP contribution in [-0.4, -0.2) is 83.2 Å². The van der Waals surface area contributed by atoms with Crippen molar-refractivity contribution < 1.29 is 21.9 Å². The van der Waals surface area contributed by atoms with Crippen molar-refractivity contribution in [3.63, 3.8) is 0 Å². The molecule has 5 rings (SSSR count). The van der Waals surface area contributed by atoms with Gasteiger partial charge in [0.1, 0.15) is 15.3 Å². The smallest absolute Gasteiger partial charge is 0.242 e. The van der Waals surface area contributed by atoms with Crippen LogP contribution in [-0.2, 0) is 20.0 Å². The van der Waals surface area contributed by atoms with Gasteiger partial charge in [-0.15, -0.1) is 15.3 Å². The molecule has 0 bridgehead atoms. The summed E-state index contributed by atoms with van der Waals surface area (Å²) in [6.45, 7) is 0.346. The Morgan fingerprint density at radius 2 is 1.85 bits per heavy atom. The van der Waals surface area contributed by atoms with Crippen molar-refractivity contribution in [2.75, 3.05) is 13.1 Å². The Labute approximate surface area is 192 Å². The van der Waals surface area contributed by atoms with Gasteiger partial charge in [0, 0.05) is 18.7 Å². The number of primary sulfonamides is 1. The van der Waals surface area contributed by atoms with E-state index in [9.17, 15) is 21.9 Å². The van der Waals surface area contributed by atoms with Gasteiger partial charge in [0.15, 0.2) is 0 Å². The second-order valence-electron chi connectivity index (χ2n) is 7.56. The normalized spacial score (nSPS) is 19.1. The molecule has 7 N–H and O–H groups in total. The van der Waals surface area contributed by atoms with E-state index < -0.39 is 42.0 Å². The zero-order valence-electron chi connectivity index (χ0n) is 17.2. The van der Waals surface area contributed by atoms with E-state index in [0.717, 1.165) is 6.07 Å². The van der Waals surface area contributed by atoms with Crippen LogP contribution in [0, 0.1) is 0 Å². The summed E-state index contributed by atoms with van der Waals surface area (Å²) in [5, 5.41) is 42.4. The monoisotopic (exact) mass is 506 g/mol. The first-order valence-electron chi connectivity index (χ1n) is 9.81. The van der Waals surface area contributed by atoms with E-state index in [2.05, 4.69) is 46.1 Å². The molecule has 0 unspecified atom stereocenters.